The van der Waals surface area contributed by atoms with Gasteiger partial charge in [0.1, 0.15) is 0 Å². The summed E-state index contributed by atoms with van der Waals surface area (Å²) in [6.07, 6.45) is 3.54. The summed E-state index contributed by atoms with van der Waals surface area (Å²) in [5.74, 6) is -1.76. The van der Waals surface area contributed by atoms with Gasteiger partial charge in [-0.3, -0.25) is 9.59 Å². The van der Waals surface area contributed by atoms with Crippen molar-refractivity contribution in [3.8, 4) is 0 Å². The molecule has 0 unspecified atom stereocenters. The van der Waals surface area contributed by atoms with Crippen LogP contribution in [0, 0.1) is 6.92 Å². The van der Waals surface area contributed by atoms with E-state index in [1.165, 1.54) is 12.4 Å². The Bertz CT molecular complexity index is 277. The molecule has 0 saturated carbocycles. The summed E-state index contributed by atoms with van der Waals surface area (Å²) in [5, 5.41) is 0. The Morgan fingerprint density at radius 2 is 1.56 bits per heavy atom. The summed E-state index contributed by atoms with van der Waals surface area (Å²) in [6.45, 7) is 9.92. The van der Waals surface area contributed by atoms with Crippen molar-refractivity contribution < 1.29 is 56.6 Å². The molecule has 1 radical (unpaired) electrons. The minimum Gasteiger partial charge on any atom is -0.476 e. The van der Waals surface area contributed by atoms with Crippen LogP contribution in [0.15, 0.2) is 24.3 Å². The van der Waals surface area contributed by atoms with E-state index in [-0.39, 0.29) is 45.9 Å². The average Bonchev–Trinajstić information content (AvgIpc) is 2.27. The molecule has 0 aliphatic rings. The number of hydrogen-bond donors (Lipinski definition) is 0. The second-order valence-electron chi connectivity index (χ2n) is 2.41. The van der Waals surface area contributed by atoms with Gasteiger partial charge in [-0.15, -0.1) is 0 Å². The Balaban J connectivity index is -0.000000507. The third kappa shape index (κ3) is 11.5. The first-order valence-electron chi connectivity index (χ1n) is 4.91. The second kappa shape index (κ2) is 16.1. The van der Waals surface area contributed by atoms with Gasteiger partial charge in [0.15, 0.2) is 0 Å². The van der Waals surface area contributed by atoms with Crippen LogP contribution in [0.4, 0.5) is 0 Å². The molecule has 0 amide bonds. The summed E-state index contributed by atoms with van der Waals surface area (Å²) < 4.78 is 9.07. The summed E-state index contributed by atoms with van der Waals surface area (Å²) in [6, 6.07) is 0. The van der Waals surface area contributed by atoms with Gasteiger partial charge in [0.25, 0.3) is 11.9 Å². The van der Waals surface area contributed by atoms with Crippen molar-refractivity contribution in [3.63, 3.8) is 0 Å². The van der Waals surface area contributed by atoms with Crippen molar-refractivity contribution in [1.29, 1.82) is 0 Å². The molecular formula is C12H16O5Y-2. The number of ether oxygens (including phenoxy) is 2. The van der Waals surface area contributed by atoms with Crippen LogP contribution in [0.5, 0.6) is 0 Å². The summed E-state index contributed by atoms with van der Waals surface area (Å²) in [7, 11) is 0. The van der Waals surface area contributed by atoms with E-state index in [0.717, 1.165) is 0 Å². The minimum absolute atomic E-state index is 0. The van der Waals surface area contributed by atoms with Crippen molar-refractivity contribution in [3.05, 3.63) is 31.2 Å². The molecule has 0 aromatic carbocycles. The molecule has 0 rings (SSSR count). The van der Waals surface area contributed by atoms with Gasteiger partial charge in [-0.25, -0.2) is 19.6 Å². The molecule has 0 aliphatic heterocycles. The second-order valence-corrected chi connectivity index (χ2v) is 2.41. The summed E-state index contributed by atoms with van der Waals surface area (Å²) >= 11 is 0. The number of esters is 2. The van der Waals surface area contributed by atoms with E-state index in [1.54, 1.807) is 13.8 Å². The Hall–Kier alpha value is -0.936. The van der Waals surface area contributed by atoms with Crippen LogP contribution >= 0.6 is 0 Å². The fourth-order valence-electron chi connectivity index (χ4n) is 0.678. The average molecular weight is 329 g/mol. The molecule has 0 N–H and O–H groups in total. The Morgan fingerprint density at radius 1 is 1.22 bits per heavy atom. The van der Waals surface area contributed by atoms with Crippen molar-refractivity contribution >= 4 is 18.2 Å². The quantitative estimate of drug-likeness (QED) is 0.249. The van der Waals surface area contributed by atoms with E-state index in [2.05, 4.69) is 23.0 Å². The maximum Gasteiger partial charge on any atom is 0.261 e. The van der Waals surface area contributed by atoms with Gasteiger partial charge in [-0.1, -0.05) is 0 Å². The van der Waals surface area contributed by atoms with Crippen molar-refractivity contribution in [2.24, 2.45) is 0 Å². The zero-order chi connectivity index (χ0) is 13.7. The van der Waals surface area contributed by atoms with Crippen LogP contribution in [-0.4, -0.2) is 31.4 Å². The molecule has 0 aliphatic carbocycles. The smallest absolute Gasteiger partial charge is 0.261 e. The standard InChI is InChI=1S/C9H11O5.C3H5.Y/c1-3-13-8(11)7(5-6-10)9(12)14-4-2;1-3-2;/h5H,3-4H2,1-2H3;3H,1-2H2;/q2*-1;. The molecule has 0 bridgehead atoms. The Morgan fingerprint density at radius 3 is 1.78 bits per heavy atom. The third-order valence-corrected chi connectivity index (χ3v) is 1.19. The maximum absolute atomic E-state index is 11.1. The van der Waals surface area contributed by atoms with Crippen LogP contribution < -0.4 is 0 Å². The van der Waals surface area contributed by atoms with Gasteiger partial charge in [0.05, 0.1) is 13.2 Å². The summed E-state index contributed by atoms with van der Waals surface area (Å²) in [4.78, 5) is 32.2. The van der Waals surface area contributed by atoms with Crippen LogP contribution in [-0.2, 0) is 56.6 Å². The fraction of sp³-hybridized carbons (Fsp3) is 0.333. The molecule has 5 nitrogen and oxygen atoms in total. The topological polar surface area (TPSA) is 69.7 Å². The Kier molecular flexibility index (Phi) is 19.9. The first-order valence-corrected chi connectivity index (χ1v) is 4.91. The maximum atomic E-state index is 11.1. The predicted octanol–water partition coefficient (Wildman–Crippen LogP) is 1.15. The molecule has 18 heavy (non-hydrogen) atoms. The van der Waals surface area contributed by atoms with Gasteiger partial charge in [0.2, 0.25) is 0 Å². The van der Waals surface area contributed by atoms with Gasteiger partial charge < -0.3 is 14.3 Å². The van der Waals surface area contributed by atoms with Gasteiger partial charge >= 0.3 is 0 Å². The number of carbonyl (C=O) groups is 2. The molecule has 0 heterocycles. The zero-order valence-electron chi connectivity index (χ0n) is 10.6. The molecule has 6 heteroatoms. The number of carbonyl (C=O) groups excluding carboxylic acids is 3. The van der Waals surface area contributed by atoms with E-state index < -0.39 is 17.5 Å². The molecule has 0 saturated heterocycles. The van der Waals surface area contributed by atoms with Gasteiger partial charge in [0, 0.05) is 32.7 Å². The van der Waals surface area contributed by atoms with Crippen LogP contribution in [0.1, 0.15) is 13.8 Å². The van der Waals surface area contributed by atoms with E-state index in [0.29, 0.717) is 6.08 Å². The van der Waals surface area contributed by atoms with Crippen LogP contribution in [0.3, 0.4) is 0 Å². The number of hydrogen-bond acceptors (Lipinski definition) is 5. The molecule has 0 fully saturated rings. The monoisotopic (exact) mass is 329 g/mol. The van der Waals surface area contributed by atoms with Crippen LogP contribution in [0.25, 0.3) is 0 Å². The molecule has 0 aromatic heterocycles. The minimum atomic E-state index is -0.880. The Labute approximate surface area is 132 Å². The van der Waals surface area contributed by atoms with Crippen molar-refractivity contribution in [2.45, 2.75) is 13.8 Å². The largest absolute Gasteiger partial charge is 0.476 e. The first-order chi connectivity index (χ1) is 8.08. The van der Waals surface area contributed by atoms with E-state index >= 15 is 0 Å². The fourth-order valence-corrected chi connectivity index (χ4v) is 0.678. The zero-order valence-corrected chi connectivity index (χ0v) is 13.4. The number of allylic oxidation sites excluding steroid dienone is 2. The normalized spacial score (nSPS) is 7.44. The van der Waals surface area contributed by atoms with E-state index in [1.807, 2.05) is 0 Å². The molecule has 0 atom stereocenters. The van der Waals surface area contributed by atoms with Crippen molar-refractivity contribution in [1.82, 2.24) is 0 Å². The van der Waals surface area contributed by atoms with Gasteiger partial charge in [-0.2, -0.15) is 6.08 Å². The summed E-state index contributed by atoms with van der Waals surface area (Å²) in [5.41, 5.74) is -0.441. The predicted molar refractivity (Wildman–Crippen MR) is 62.6 cm³/mol. The molecule has 0 aromatic rings. The SMILES string of the molecule is C=C[CH2-].CCOC(=O)C(=C[C-]=O)C(=O)OCC.[Y]. The first kappa shape index (κ1) is 22.3. The van der Waals surface area contributed by atoms with E-state index in [4.69, 9.17) is 0 Å². The molecule has 0 spiro atoms. The molecular weight excluding hydrogens is 313 g/mol. The third-order valence-electron chi connectivity index (χ3n) is 1.19. The van der Waals surface area contributed by atoms with E-state index in [9.17, 15) is 14.4 Å². The molecule has 99 valence electrons. The van der Waals surface area contributed by atoms with Crippen molar-refractivity contribution in [2.75, 3.05) is 13.2 Å². The van der Waals surface area contributed by atoms with Crippen LogP contribution in [0.2, 0.25) is 0 Å². The number of rotatable bonds is 5. The van der Waals surface area contributed by atoms with Gasteiger partial charge in [-0.05, 0) is 25.7 Å².